The standard InChI is InChI=1S/C14H23N3O/c18-10-2-7-16-14-4-8-17(9-5-14)12-13-3-1-6-15-11-13/h1,3,6,11,14,16,18H,2,4-5,7-10,12H2. The fourth-order valence-corrected chi connectivity index (χ4v) is 2.43. The Labute approximate surface area is 109 Å². The molecule has 1 saturated heterocycles. The number of nitrogens with zero attached hydrogens (tertiary/aromatic N) is 2. The van der Waals surface area contributed by atoms with E-state index in [1.165, 1.54) is 18.4 Å². The summed E-state index contributed by atoms with van der Waals surface area (Å²) in [5.74, 6) is 0. The van der Waals surface area contributed by atoms with Gasteiger partial charge in [-0.05, 0) is 50.5 Å². The van der Waals surface area contributed by atoms with E-state index in [9.17, 15) is 0 Å². The summed E-state index contributed by atoms with van der Waals surface area (Å²) in [4.78, 5) is 6.64. The Hall–Kier alpha value is -0.970. The zero-order chi connectivity index (χ0) is 12.6. The van der Waals surface area contributed by atoms with E-state index in [2.05, 4.69) is 21.3 Å². The fourth-order valence-electron chi connectivity index (χ4n) is 2.43. The molecule has 1 aromatic heterocycles. The summed E-state index contributed by atoms with van der Waals surface area (Å²) in [5.41, 5.74) is 1.30. The Kier molecular flexibility index (Phi) is 5.58. The molecule has 2 heterocycles. The minimum absolute atomic E-state index is 0.285. The number of rotatable bonds is 6. The maximum Gasteiger partial charge on any atom is 0.0443 e. The van der Waals surface area contributed by atoms with Gasteiger partial charge in [-0.3, -0.25) is 9.88 Å². The molecule has 1 aromatic rings. The molecule has 100 valence electrons. The zero-order valence-corrected chi connectivity index (χ0v) is 10.9. The SMILES string of the molecule is OCCCNC1CCN(Cc2cccnc2)CC1. The molecular formula is C14H23N3O. The van der Waals surface area contributed by atoms with Gasteiger partial charge in [-0.25, -0.2) is 0 Å². The number of likely N-dealkylation sites (tertiary alicyclic amines) is 1. The van der Waals surface area contributed by atoms with Crippen molar-refractivity contribution < 1.29 is 5.11 Å². The van der Waals surface area contributed by atoms with Crippen LogP contribution in [0, 0.1) is 0 Å². The third-order valence-electron chi connectivity index (χ3n) is 3.48. The molecule has 0 unspecified atom stereocenters. The second-order valence-corrected chi connectivity index (χ2v) is 4.94. The van der Waals surface area contributed by atoms with Crippen LogP contribution in [0.15, 0.2) is 24.5 Å². The lowest BCUT2D eigenvalue weighted by atomic mass is 10.0. The van der Waals surface area contributed by atoms with Gasteiger partial charge < -0.3 is 10.4 Å². The van der Waals surface area contributed by atoms with E-state index in [1.807, 2.05) is 18.5 Å². The van der Waals surface area contributed by atoms with E-state index < -0.39 is 0 Å². The van der Waals surface area contributed by atoms with Crippen molar-refractivity contribution in [3.8, 4) is 0 Å². The highest BCUT2D eigenvalue weighted by Gasteiger charge is 2.18. The molecule has 0 saturated carbocycles. The molecule has 2 N–H and O–H groups in total. The van der Waals surface area contributed by atoms with E-state index in [-0.39, 0.29) is 6.61 Å². The van der Waals surface area contributed by atoms with Gasteiger partial charge in [0.2, 0.25) is 0 Å². The number of hydrogen-bond acceptors (Lipinski definition) is 4. The van der Waals surface area contributed by atoms with Gasteiger partial charge >= 0.3 is 0 Å². The first-order chi connectivity index (χ1) is 8.88. The Morgan fingerprint density at radius 3 is 2.89 bits per heavy atom. The monoisotopic (exact) mass is 249 g/mol. The molecule has 0 atom stereocenters. The molecule has 2 rings (SSSR count). The molecule has 1 aliphatic heterocycles. The second kappa shape index (κ2) is 7.46. The van der Waals surface area contributed by atoms with Gasteiger partial charge in [-0.1, -0.05) is 6.07 Å². The lowest BCUT2D eigenvalue weighted by Crippen LogP contribution is -2.42. The van der Waals surface area contributed by atoms with Crippen LogP contribution in [0.1, 0.15) is 24.8 Å². The third kappa shape index (κ3) is 4.37. The minimum Gasteiger partial charge on any atom is -0.396 e. The number of pyridine rings is 1. The summed E-state index contributed by atoms with van der Waals surface area (Å²) < 4.78 is 0. The molecule has 0 radical (unpaired) electrons. The fraction of sp³-hybridized carbons (Fsp3) is 0.643. The Morgan fingerprint density at radius 2 is 2.22 bits per heavy atom. The van der Waals surface area contributed by atoms with Crippen molar-refractivity contribution in [2.45, 2.75) is 31.8 Å². The highest BCUT2D eigenvalue weighted by Crippen LogP contribution is 2.13. The van der Waals surface area contributed by atoms with Gasteiger partial charge in [0.15, 0.2) is 0 Å². The number of piperidine rings is 1. The Bertz CT molecular complexity index is 323. The summed E-state index contributed by atoms with van der Waals surface area (Å²) in [6.45, 7) is 4.52. The first-order valence-corrected chi connectivity index (χ1v) is 6.84. The summed E-state index contributed by atoms with van der Waals surface area (Å²) >= 11 is 0. The topological polar surface area (TPSA) is 48.4 Å². The largest absolute Gasteiger partial charge is 0.396 e. The predicted molar refractivity (Wildman–Crippen MR) is 72.2 cm³/mol. The molecule has 0 amide bonds. The van der Waals surface area contributed by atoms with Crippen LogP contribution < -0.4 is 5.32 Å². The molecule has 0 spiro atoms. The lowest BCUT2D eigenvalue weighted by Gasteiger charge is -2.32. The van der Waals surface area contributed by atoms with E-state index in [4.69, 9.17) is 5.11 Å². The van der Waals surface area contributed by atoms with Gasteiger partial charge in [0, 0.05) is 31.6 Å². The number of nitrogens with one attached hydrogen (secondary N) is 1. The van der Waals surface area contributed by atoms with Gasteiger partial charge in [-0.2, -0.15) is 0 Å². The van der Waals surface area contributed by atoms with Crippen molar-refractivity contribution in [3.63, 3.8) is 0 Å². The molecule has 0 bridgehead atoms. The first kappa shape index (κ1) is 13.5. The number of aliphatic hydroxyl groups is 1. The van der Waals surface area contributed by atoms with Crippen LogP contribution >= 0.6 is 0 Å². The summed E-state index contributed by atoms with van der Waals surface area (Å²) in [6, 6.07) is 4.76. The van der Waals surface area contributed by atoms with Crippen LogP contribution in [0.5, 0.6) is 0 Å². The molecule has 1 fully saturated rings. The quantitative estimate of drug-likeness (QED) is 0.739. The Balaban J connectivity index is 1.67. The average molecular weight is 249 g/mol. The van der Waals surface area contributed by atoms with Crippen molar-refractivity contribution in [3.05, 3.63) is 30.1 Å². The van der Waals surface area contributed by atoms with E-state index in [0.717, 1.165) is 32.6 Å². The summed E-state index contributed by atoms with van der Waals surface area (Å²) in [6.07, 6.45) is 7.03. The molecule has 0 aromatic carbocycles. The lowest BCUT2D eigenvalue weighted by molar-refractivity contribution is 0.188. The number of aromatic nitrogens is 1. The van der Waals surface area contributed by atoms with Crippen molar-refractivity contribution in [1.82, 2.24) is 15.2 Å². The number of aliphatic hydroxyl groups excluding tert-OH is 1. The first-order valence-electron chi connectivity index (χ1n) is 6.84. The van der Waals surface area contributed by atoms with Crippen molar-refractivity contribution >= 4 is 0 Å². The maximum absolute atomic E-state index is 8.75. The normalized spacial score (nSPS) is 18.1. The predicted octanol–water partition coefficient (Wildman–Crippen LogP) is 1.02. The minimum atomic E-state index is 0.285. The van der Waals surface area contributed by atoms with E-state index in [1.54, 1.807) is 0 Å². The van der Waals surface area contributed by atoms with Crippen molar-refractivity contribution in [2.24, 2.45) is 0 Å². The second-order valence-electron chi connectivity index (χ2n) is 4.94. The Morgan fingerprint density at radius 1 is 1.39 bits per heavy atom. The highest BCUT2D eigenvalue weighted by molar-refractivity contribution is 5.08. The van der Waals surface area contributed by atoms with Gasteiger partial charge in [0.1, 0.15) is 0 Å². The summed E-state index contributed by atoms with van der Waals surface area (Å²) in [7, 11) is 0. The van der Waals surface area contributed by atoms with Crippen LogP contribution in [0.3, 0.4) is 0 Å². The van der Waals surface area contributed by atoms with Crippen LogP contribution in [0.4, 0.5) is 0 Å². The zero-order valence-electron chi connectivity index (χ0n) is 10.9. The van der Waals surface area contributed by atoms with E-state index in [0.29, 0.717) is 6.04 Å². The highest BCUT2D eigenvalue weighted by atomic mass is 16.3. The van der Waals surface area contributed by atoms with Gasteiger partial charge in [0.25, 0.3) is 0 Å². The van der Waals surface area contributed by atoms with E-state index >= 15 is 0 Å². The van der Waals surface area contributed by atoms with Crippen molar-refractivity contribution in [2.75, 3.05) is 26.2 Å². The smallest absolute Gasteiger partial charge is 0.0443 e. The molecule has 4 nitrogen and oxygen atoms in total. The average Bonchev–Trinajstić information content (AvgIpc) is 2.42. The van der Waals surface area contributed by atoms with Gasteiger partial charge in [0.05, 0.1) is 0 Å². The van der Waals surface area contributed by atoms with Crippen LogP contribution in [0.2, 0.25) is 0 Å². The number of hydrogen-bond donors (Lipinski definition) is 2. The molecule has 0 aliphatic carbocycles. The van der Waals surface area contributed by atoms with Crippen molar-refractivity contribution in [1.29, 1.82) is 0 Å². The summed E-state index contributed by atoms with van der Waals surface area (Å²) in [5, 5.41) is 12.3. The molecular weight excluding hydrogens is 226 g/mol. The molecule has 1 aliphatic rings. The third-order valence-corrected chi connectivity index (χ3v) is 3.48. The van der Waals surface area contributed by atoms with Crippen LogP contribution in [-0.2, 0) is 6.54 Å². The maximum atomic E-state index is 8.75. The van der Waals surface area contributed by atoms with Crippen LogP contribution in [0.25, 0.3) is 0 Å². The molecule has 4 heteroatoms. The molecule has 18 heavy (non-hydrogen) atoms. The van der Waals surface area contributed by atoms with Crippen LogP contribution in [-0.4, -0.2) is 47.3 Å². The van der Waals surface area contributed by atoms with Gasteiger partial charge in [-0.15, -0.1) is 0 Å².